The van der Waals surface area contributed by atoms with Gasteiger partial charge in [0.05, 0.1) is 6.04 Å². The molecule has 1 fully saturated rings. The van der Waals surface area contributed by atoms with E-state index in [0.29, 0.717) is 25.4 Å². The molecule has 0 spiro atoms. The molecule has 1 saturated heterocycles. The summed E-state index contributed by atoms with van der Waals surface area (Å²) >= 11 is 1.49. The van der Waals surface area contributed by atoms with E-state index in [4.69, 9.17) is 0 Å². The SMILES string of the molecule is CCC(NS(=O)(=O)N1CCCC(CNC)C1)c1nccs1. The molecule has 1 aromatic heterocycles. The Kier molecular flexibility index (Phi) is 6.12. The number of nitrogens with one attached hydrogen (secondary N) is 2. The van der Waals surface area contributed by atoms with Crippen molar-refractivity contribution in [3.8, 4) is 0 Å². The number of hydrogen-bond donors (Lipinski definition) is 2. The highest BCUT2D eigenvalue weighted by Gasteiger charge is 2.30. The number of hydrogen-bond acceptors (Lipinski definition) is 5. The molecule has 120 valence electrons. The van der Waals surface area contributed by atoms with Crippen LogP contribution in [-0.2, 0) is 10.2 Å². The van der Waals surface area contributed by atoms with E-state index in [9.17, 15) is 8.42 Å². The molecule has 2 heterocycles. The van der Waals surface area contributed by atoms with Crippen LogP contribution in [0.25, 0.3) is 0 Å². The van der Waals surface area contributed by atoms with Crippen molar-refractivity contribution in [1.29, 1.82) is 0 Å². The predicted octanol–water partition coefficient (Wildman–Crippen LogP) is 1.36. The van der Waals surface area contributed by atoms with E-state index in [1.54, 1.807) is 10.5 Å². The fourth-order valence-corrected chi connectivity index (χ4v) is 5.08. The molecule has 0 radical (unpaired) electrons. The standard InChI is InChI=1S/C13H24N4O2S2/c1-3-12(13-15-6-8-20-13)16-21(18,19)17-7-4-5-11(10-17)9-14-2/h6,8,11-12,14,16H,3-5,7,9-10H2,1-2H3. The first kappa shape index (κ1) is 16.8. The molecule has 1 aliphatic heterocycles. The zero-order chi connectivity index (χ0) is 15.3. The molecule has 0 saturated carbocycles. The van der Waals surface area contributed by atoms with Gasteiger partial charge in [-0.3, -0.25) is 0 Å². The molecule has 0 amide bonds. The number of thiazole rings is 1. The molecule has 2 N–H and O–H groups in total. The van der Waals surface area contributed by atoms with Crippen LogP contribution in [0.5, 0.6) is 0 Å². The maximum absolute atomic E-state index is 12.6. The molecule has 1 aliphatic rings. The zero-order valence-corrected chi connectivity index (χ0v) is 14.2. The molecule has 0 aromatic carbocycles. The smallest absolute Gasteiger partial charge is 0.280 e. The van der Waals surface area contributed by atoms with Crippen LogP contribution in [0.3, 0.4) is 0 Å². The van der Waals surface area contributed by atoms with Gasteiger partial charge in [-0.05, 0) is 38.8 Å². The highest BCUT2D eigenvalue weighted by Crippen LogP contribution is 2.23. The van der Waals surface area contributed by atoms with Gasteiger partial charge in [0, 0.05) is 24.7 Å². The summed E-state index contributed by atoms with van der Waals surface area (Å²) < 4.78 is 29.5. The van der Waals surface area contributed by atoms with Crippen LogP contribution in [0.15, 0.2) is 11.6 Å². The van der Waals surface area contributed by atoms with Gasteiger partial charge < -0.3 is 5.32 Å². The van der Waals surface area contributed by atoms with Crippen molar-refractivity contribution < 1.29 is 8.42 Å². The molecule has 2 rings (SSSR count). The Morgan fingerprint density at radius 3 is 3.00 bits per heavy atom. The van der Waals surface area contributed by atoms with Gasteiger partial charge in [0.1, 0.15) is 5.01 Å². The van der Waals surface area contributed by atoms with E-state index in [1.807, 2.05) is 19.4 Å². The molecule has 2 unspecified atom stereocenters. The Labute approximate surface area is 131 Å². The van der Waals surface area contributed by atoms with Gasteiger partial charge in [-0.15, -0.1) is 11.3 Å². The Balaban J connectivity index is 2.03. The molecular formula is C13H24N4O2S2. The number of aromatic nitrogens is 1. The Morgan fingerprint density at radius 2 is 2.38 bits per heavy atom. The molecule has 2 atom stereocenters. The van der Waals surface area contributed by atoms with Crippen molar-refractivity contribution in [1.82, 2.24) is 19.3 Å². The second kappa shape index (κ2) is 7.64. The summed E-state index contributed by atoms with van der Waals surface area (Å²) in [6, 6.07) is -0.236. The third-order valence-electron chi connectivity index (χ3n) is 3.76. The first-order chi connectivity index (χ1) is 10.1. The van der Waals surface area contributed by atoms with Crippen LogP contribution in [0.1, 0.15) is 37.2 Å². The van der Waals surface area contributed by atoms with Crippen LogP contribution < -0.4 is 10.0 Å². The van der Waals surface area contributed by atoms with Crippen LogP contribution in [0, 0.1) is 5.92 Å². The lowest BCUT2D eigenvalue weighted by atomic mass is 10.00. The molecule has 0 aliphatic carbocycles. The second-order valence-corrected chi connectivity index (χ2v) is 8.01. The first-order valence-corrected chi connectivity index (χ1v) is 9.70. The van der Waals surface area contributed by atoms with Crippen molar-refractivity contribution >= 4 is 21.5 Å². The van der Waals surface area contributed by atoms with E-state index in [-0.39, 0.29) is 6.04 Å². The minimum absolute atomic E-state index is 0.236. The lowest BCUT2D eigenvalue weighted by molar-refractivity contribution is 0.259. The van der Waals surface area contributed by atoms with Crippen molar-refractivity contribution in [3.63, 3.8) is 0 Å². The van der Waals surface area contributed by atoms with Gasteiger partial charge in [-0.25, -0.2) is 4.98 Å². The lowest BCUT2D eigenvalue weighted by Crippen LogP contribution is -2.48. The minimum atomic E-state index is -3.45. The molecule has 1 aromatic rings. The molecular weight excluding hydrogens is 308 g/mol. The van der Waals surface area contributed by atoms with Gasteiger partial charge in [0.25, 0.3) is 10.2 Å². The molecule has 6 nitrogen and oxygen atoms in total. The Morgan fingerprint density at radius 1 is 1.57 bits per heavy atom. The maximum atomic E-state index is 12.6. The van der Waals surface area contributed by atoms with Crippen LogP contribution in [0.4, 0.5) is 0 Å². The third-order valence-corrected chi connectivity index (χ3v) is 6.25. The van der Waals surface area contributed by atoms with E-state index in [2.05, 4.69) is 15.0 Å². The normalized spacial score (nSPS) is 22.3. The summed E-state index contributed by atoms with van der Waals surface area (Å²) in [7, 11) is -1.55. The van der Waals surface area contributed by atoms with Gasteiger partial charge in [-0.2, -0.15) is 17.4 Å². The minimum Gasteiger partial charge on any atom is -0.319 e. The second-order valence-electron chi connectivity index (χ2n) is 5.38. The van der Waals surface area contributed by atoms with E-state index in [1.165, 1.54) is 11.3 Å². The van der Waals surface area contributed by atoms with Crippen molar-refractivity contribution in [2.45, 2.75) is 32.2 Å². The average molecular weight is 332 g/mol. The summed E-state index contributed by atoms with van der Waals surface area (Å²) in [5.74, 6) is 0.389. The van der Waals surface area contributed by atoms with Crippen molar-refractivity contribution in [2.75, 3.05) is 26.7 Å². The lowest BCUT2D eigenvalue weighted by Gasteiger charge is -2.32. The molecule has 21 heavy (non-hydrogen) atoms. The van der Waals surface area contributed by atoms with Gasteiger partial charge in [0.15, 0.2) is 0 Å². The monoisotopic (exact) mass is 332 g/mol. The van der Waals surface area contributed by atoms with Crippen molar-refractivity contribution in [3.05, 3.63) is 16.6 Å². The summed E-state index contributed by atoms with van der Waals surface area (Å²) in [5, 5.41) is 5.83. The fourth-order valence-electron chi connectivity index (χ4n) is 2.67. The largest absolute Gasteiger partial charge is 0.319 e. The first-order valence-electron chi connectivity index (χ1n) is 7.38. The zero-order valence-electron chi connectivity index (χ0n) is 12.6. The van der Waals surface area contributed by atoms with Gasteiger partial charge in [0.2, 0.25) is 0 Å². The maximum Gasteiger partial charge on any atom is 0.280 e. The fraction of sp³-hybridized carbons (Fsp3) is 0.769. The van der Waals surface area contributed by atoms with Gasteiger partial charge in [-0.1, -0.05) is 6.92 Å². The van der Waals surface area contributed by atoms with Crippen LogP contribution in [-0.4, -0.2) is 44.4 Å². The third kappa shape index (κ3) is 4.46. The predicted molar refractivity (Wildman–Crippen MR) is 85.4 cm³/mol. The number of nitrogens with zero attached hydrogens (tertiary/aromatic N) is 2. The summed E-state index contributed by atoms with van der Waals surface area (Å²) in [4.78, 5) is 4.22. The van der Waals surface area contributed by atoms with E-state index in [0.717, 1.165) is 24.4 Å². The summed E-state index contributed by atoms with van der Waals surface area (Å²) in [6.45, 7) is 4.01. The highest BCUT2D eigenvalue weighted by atomic mass is 32.2. The number of rotatable bonds is 7. The van der Waals surface area contributed by atoms with E-state index < -0.39 is 10.2 Å². The molecule has 8 heteroatoms. The Bertz CT molecular complexity index is 516. The van der Waals surface area contributed by atoms with Crippen molar-refractivity contribution in [2.24, 2.45) is 5.92 Å². The summed E-state index contributed by atoms with van der Waals surface area (Å²) in [6.07, 6.45) is 4.40. The quantitative estimate of drug-likeness (QED) is 0.791. The van der Waals surface area contributed by atoms with Crippen LogP contribution >= 0.6 is 11.3 Å². The average Bonchev–Trinajstić information content (AvgIpc) is 2.99. The molecule has 0 bridgehead atoms. The van der Waals surface area contributed by atoms with Crippen LogP contribution in [0.2, 0.25) is 0 Å². The number of piperidine rings is 1. The summed E-state index contributed by atoms with van der Waals surface area (Å²) in [5.41, 5.74) is 0. The van der Waals surface area contributed by atoms with E-state index >= 15 is 0 Å². The topological polar surface area (TPSA) is 74.3 Å². The Hall–Kier alpha value is -0.540. The highest BCUT2D eigenvalue weighted by molar-refractivity contribution is 7.87. The van der Waals surface area contributed by atoms with Gasteiger partial charge >= 0.3 is 0 Å².